The fourth-order valence-electron chi connectivity index (χ4n) is 2.05. The molecule has 2 aromatic rings. The van der Waals surface area contributed by atoms with Gasteiger partial charge in [0.15, 0.2) is 5.96 Å². The molecule has 0 saturated heterocycles. The Balaban J connectivity index is 0.00000364. The summed E-state index contributed by atoms with van der Waals surface area (Å²) in [6, 6.07) is 9.33. The fourth-order valence-corrected chi connectivity index (χ4v) is 2.05. The van der Waals surface area contributed by atoms with Crippen molar-refractivity contribution in [1.82, 2.24) is 15.6 Å². The topological polar surface area (TPSA) is 87.6 Å². The standard InChI is InChI=1S/C18H22FN5O2.HI/c1-13(26-16-7-5-14(19)6-8-16)10-22-18(20-2)23-12-17(25)24-15-4-3-9-21-11-15;/h3-9,11,13H,10,12H2,1-2H3,(H,24,25)(H2,20,22,23);1H. The average Bonchev–Trinajstić information content (AvgIpc) is 2.64. The molecule has 27 heavy (non-hydrogen) atoms. The molecule has 7 nitrogen and oxygen atoms in total. The lowest BCUT2D eigenvalue weighted by Crippen LogP contribution is -2.44. The molecule has 3 N–H and O–H groups in total. The Morgan fingerprint density at radius 3 is 2.63 bits per heavy atom. The Labute approximate surface area is 174 Å². The highest BCUT2D eigenvalue weighted by Crippen LogP contribution is 2.12. The van der Waals surface area contributed by atoms with Gasteiger partial charge in [0.2, 0.25) is 5.91 Å². The number of amides is 1. The molecule has 0 saturated carbocycles. The van der Waals surface area contributed by atoms with Crippen LogP contribution < -0.4 is 20.7 Å². The van der Waals surface area contributed by atoms with Crippen molar-refractivity contribution in [2.45, 2.75) is 13.0 Å². The number of anilines is 1. The molecule has 146 valence electrons. The van der Waals surface area contributed by atoms with Gasteiger partial charge < -0.3 is 20.7 Å². The predicted molar refractivity (Wildman–Crippen MR) is 114 cm³/mol. The minimum absolute atomic E-state index is 0. The van der Waals surface area contributed by atoms with Crippen molar-refractivity contribution in [2.24, 2.45) is 4.99 Å². The Hall–Kier alpha value is -2.43. The van der Waals surface area contributed by atoms with Gasteiger partial charge in [0, 0.05) is 13.2 Å². The Morgan fingerprint density at radius 2 is 2.00 bits per heavy atom. The number of pyridine rings is 1. The van der Waals surface area contributed by atoms with Crippen LogP contribution >= 0.6 is 24.0 Å². The van der Waals surface area contributed by atoms with Crippen LogP contribution in [0.3, 0.4) is 0 Å². The van der Waals surface area contributed by atoms with Crippen LogP contribution in [0.25, 0.3) is 0 Å². The normalized spacial score (nSPS) is 11.7. The highest BCUT2D eigenvalue weighted by molar-refractivity contribution is 14.0. The molecule has 1 heterocycles. The number of hydrogen-bond donors (Lipinski definition) is 3. The van der Waals surface area contributed by atoms with E-state index in [1.807, 2.05) is 6.92 Å². The van der Waals surface area contributed by atoms with Crippen molar-refractivity contribution in [3.63, 3.8) is 0 Å². The van der Waals surface area contributed by atoms with E-state index in [1.165, 1.54) is 12.1 Å². The van der Waals surface area contributed by atoms with Gasteiger partial charge >= 0.3 is 0 Å². The number of rotatable bonds is 7. The van der Waals surface area contributed by atoms with Gasteiger partial charge in [0.05, 0.1) is 25.0 Å². The summed E-state index contributed by atoms with van der Waals surface area (Å²) in [5, 5.41) is 8.71. The number of nitrogens with one attached hydrogen (secondary N) is 3. The zero-order chi connectivity index (χ0) is 18.8. The average molecular weight is 487 g/mol. The van der Waals surface area contributed by atoms with Gasteiger partial charge in [-0.15, -0.1) is 24.0 Å². The molecule has 0 aliphatic carbocycles. The van der Waals surface area contributed by atoms with Crippen LogP contribution in [0.2, 0.25) is 0 Å². The van der Waals surface area contributed by atoms with E-state index in [9.17, 15) is 9.18 Å². The van der Waals surface area contributed by atoms with E-state index in [0.717, 1.165) is 0 Å². The first-order chi connectivity index (χ1) is 12.6. The molecule has 0 aliphatic rings. The lowest BCUT2D eigenvalue weighted by atomic mass is 10.3. The number of carbonyl (C=O) groups excluding carboxylic acids is 1. The van der Waals surface area contributed by atoms with Crippen LogP contribution in [0.15, 0.2) is 53.8 Å². The molecule has 1 amide bonds. The van der Waals surface area contributed by atoms with E-state index in [0.29, 0.717) is 23.9 Å². The first kappa shape index (κ1) is 22.6. The SMILES string of the molecule is CN=C(NCC(=O)Nc1cccnc1)NCC(C)Oc1ccc(F)cc1.I. The number of halogens is 2. The third-order valence-corrected chi connectivity index (χ3v) is 3.29. The third-order valence-electron chi connectivity index (χ3n) is 3.29. The lowest BCUT2D eigenvalue weighted by molar-refractivity contribution is -0.115. The molecule has 9 heteroatoms. The van der Waals surface area contributed by atoms with Gasteiger partial charge in [0.25, 0.3) is 0 Å². The van der Waals surface area contributed by atoms with Crippen molar-refractivity contribution in [2.75, 3.05) is 25.5 Å². The summed E-state index contributed by atoms with van der Waals surface area (Å²) in [5.41, 5.74) is 0.628. The summed E-state index contributed by atoms with van der Waals surface area (Å²) in [7, 11) is 1.61. The van der Waals surface area contributed by atoms with Crippen molar-refractivity contribution >= 4 is 41.5 Å². The van der Waals surface area contributed by atoms with Gasteiger partial charge in [-0.3, -0.25) is 14.8 Å². The second kappa shape index (κ2) is 12.0. The Bertz CT molecular complexity index is 728. The third kappa shape index (κ3) is 8.67. The number of carbonyl (C=O) groups is 1. The van der Waals surface area contributed by atoms with Crippen molar-refractivity contribution in [3.05, 3.63) is 54.6 Å². The van der Waals surface area contributed by atoms with E-state index >= 15 is 0 Å². The summed E-state index contributed by atoms with van der Waals surface area (Å²) in [6.45, 7) is 2.39. The number of aliphatic imine (C=N–C) groups is 1. The smallest absolute Gasteiger partial charge is 0.243 e. The van der Waals surface area contributed by atoms with Crippen LogP contribution in [0.5, 0.6) is 5.75 Å². The van der Waals surface area contributed by atoms with Gasteiger partial charge in [-0.25, -0.2) is 4.39 Å². The van der Waals surface area contributed by atoms with Gasteiger partial charge in [-0.1, -0.05) is 0 Å². The minimum atomic E-state index is -0.308. The number of guanidine groups is 1. The zero-order valence-electron chi connectivity index (χ0n) is 15.1. The number of aromatic nitrogens is 1. The van der Waals surface area contributed by atoms with Crippen LogP contribution in [0.4, 0.5) is 10.1 Å². The largest absolute Gasteiger partial charge is 0.489 e. The van der Waals surface area contributed by atoms with Crippen LogP contribution in [0.1, 0.15) is 6.92 Å². The van der Waals surface area contributed by atoms with E-state index in [1.54, 1.807) is 43.7 Å². The van der Waals surface area contributed by atoms with E-state index in [-0.39, 0.29) is 48.3 Å². The molecule has 1 unspecified atom stereocenters. The fraction of sp³-hybridized carbons (Fsp3) is 0.278. The van der Waals surface area contributed by atoms with E-state index < -0.39 is 0 Å². The monoisotopic (exact) mass is 487 g/mol. The number of ether oxygens (including phenoxy) is 1. The van der Waals surface area contributed by atoms with Gasteiger partial charge in [-0.05, 0) is 43.3 Å². The molecule has 0 radical (unpaired) electrons. The summed E-state index contributed by atoms with van der Waals surface area (Å²) in [4.78, 5) is 19.9. The summed E-state index contributed by atoms with van der Waals surface area (Å²) < 4.78 is 18.6. The molecular formula is C18H23FIN5O2. The minimum Gasteiger partial charge on any atom is -0.489 e. The van der Waals surface area contributed by atoms with E-state index in [2.05, 4.69) is 25.9 Å². The summed E-state index contributed by atoms with van der Waals surface area (Å²) in [6.07, 6.45) is 3.03. The highest BCUT2D eigenvalue weighted by atomic mass is 127. The quantitative estimate of drug-likeness (QED) is 0.317. The molecule has 1 atom stereocenters. The number of nitrogens with zero attached hydrogens (tertiary/aromatic N) is 2. The Morgan fingerprint density at radius 1 is 1.26 bits per heavy atom. The maximum Gasteiger partial charge on any atom is 0.243 e. The second-order valence-electron chi connectivity index (χ2n) is 5.48. The maximum absolute atomic E-state index is 12.9. The predicted octanol–water partition coefficient (Wildman–Crippen LogP) is 2.41. The first-order valence-electron chi connectivity index (χ1n) is 8.13. The molecule has 0 bridgehead atoms. The first-order valence-corrected chi connectivity index (χ1v) is 8.13. The van der Waals surface area contributed by atoms with Crippen LogP contribution in [-0.2, 0) is 4.79 Å². The van der Waals surface area contributed by atoms with E-state index in [4.69, 9.17) is 4.74 Å². The summed E-state index contributed by atoms with van der Waals surface area (Å²) in [5.74, 6) is 0.536. The molecular weight excluding hydrogens is 464 g/mol. The molecule has 0 spiro atoms. The molecule has 0 fully saturated rings. The maximum atomic E-state index is 12.9. The van der Waals surface area contributed by atoms with Crippen LogP contribution in [0, 0.1) is 5.82 Å². The van der Waals surface area contributed by atoms with Gasteiger partial charge in [0.1, 0.15) is 17.7 Å². The molecule has 0 aliphatic heterocycles. The molecule has 2 rings (SSSR count). The summed E-state index contributed by atoms with van der Waals surface area (Å²) >= 11 is 0. The zero-order valence-corrected chi connectivity index (χ0v) is 17.4. The van der Waals surface area contributed by atoms with Crippen molar-refractivity contribution in [1.29, 1.82) is 0 Å². The van der Waals surface area contributed by atoms with Gasteiger partial charge in [-0.2, -0.15) is 0 Å². The molecule has 1 aromatic heterocycles. The van der Waals surface area contributed by atoms with Crippen LogP contribution in [-0.4, -0.2) is 43.1 Å². The lowest BCUT2D eigenvalue weighted by Gasteiger charge is -2.17. The van der Waals surface area contributed by atoms with Crippen molar-refractivity contribution in [3.8, 4) is 5.75 Å². The second-order valence-corrected chi connectivity index (χ2v) is 5.48. The Kier molecular flexibility index (Phi) is 10.1. The number of benzene rings is 1. The van der Waals surface area contributed by atoms with Crippen molar-refractivity contribution < 1.29 is 13.9 Å². The number of hydrogen-bond acceptors (Lipinski definition) is 4. The molecule has 1 aromatic carbocycles. The highest BCUT2D eigenvalue weighted by Gasteiger charge is 2.08.